The second kappa shape index (κ2) is 28.0. The summed E-state index contributed by atoms with van der Waals surface area (Å²) in [7, 11) is 0. The van der Waals surface area contributed by atoms with E-state index < -0.39 is 11.9 Å². The van der Waals surface area contributed by atoms with Gasteiger partial charge < -0.3 is 29.2 Å². The summed E-state index contributed by atoms with van der Waals surface area (Å²) in [6.07, 6.45) is 18.5. The molecule has 0 aliphatic heterocycles. The lowest BCUT2D eigenvalue weighted by atomic mass is 9.99. The molecule has 0 saturated heterocycles. The molecule has 0 bridgehead atoms. The van der Waals surface area contributed by atoms with Crippen molar-refractivity contribution >= 4 is 119 Å². The average Bonchev–Trinajstić information content (AvgIpc) is 4.25. The van der Waals surface area contributed by atoms with Crippen LogP contribution in [0.3, 0.4) is 0 Å². The summed E-state index contributed by atoms with van der Waals surface area (Å²) < 4.78 is 30.7. The molecule has 4 heterocycles. The second-order valence-corrected chi connectivity index (χ2v) is 24.3. The maximum atomic E-state index is 11.9. The largest absolute Gasteiger partial charge is 0.492 e. The van der Waals surface area contributed by atoms with Gasteiger partial charge in [0.2, 0.25) is 0 Å². The van der Waals surface area contributed by atoms with E-state index in [0.717, 1.165) is 120 Å². The van der Waals surface area contributed by atoms with Crippen molar-refractivity contribution in [2.45, 2.75) is 158 Å². The van der Waals surface area contributed by atoms with E-state index in [1.54, 1.807) is 34.8 Å². The third-order valence-electron chi connectivity index (χ3n) is 15.0. The number of fused-ring (bicyclic) bond motifs is 6. The number of hydrogen-bond donors (Lipinski definition) is 2. The molecule has 0 amide bonds. The number of aromatic carboxylic acids is 2. The molecule has 8 rings (SSSR count). The fourth-order valence-corrected chi connectivity index (χ4v) is 13.5. The quantitative estimate of drug-likeness (QED) is 0.0458. The number of carboxylic acid groups (broad SMARTS) is 2. The van der Waals surface area contributed by atoms with E-state index >= 15 is 0 Å². The van der Waals surface area contributed by atoms with Gasteiger partial charge in [-0.05, 0) is 109 Å². The third kappa shape index (κ3) is 13.7. The number of unbranched alkanes of at least 4 members (excludes halogenated alkanes) is 4. The summed E-state index contributed by atoms with van der Waals surface area (Å²) in [4.78, 5) is 24.3. The van der Waals surface area contributed by atoms with Crippen molar-refractivity contribution < 1.29 is 38.7 Å². The van der Waals surface area contributed by atoms with Gasteiger partial charge in [0.1, 0.15) is 32.8 Å². The minimum atomic E-state index is -0.962. The first kappa shape index (κ1) is 57.1. The molecule has 4 aromatic heterocycles. The standard InChI is InChI=1S/C32H40O6S2.C30H40O2S2/c1-5-9-11-19(7-3)17-37-29-21-13-26-24(16-28(40-26)32(35)36)30(38-18-20(8-4)12-10-6-2)22(21)14-25-23(29)15-27(39-25)31(33)34;1-5-9-11-21(7-3)19-31-29-23-13-15-33-27(23)18-26-25(29)17-28-24(14-16-34-28)30(26)32-20-22(8-4)12-10-6-2/h13-16,19-20H,5-12,17-18H2,1-4H3,(H,33,34)(H,35,36);13-18,21-22H,5-12,19-20H2,1-4H3. The molecule has 0 aliphatic rings. The van der Waals surface area contributed by atoms with Gasteiger partial charge >= 0.3 is 11.9 Å². The SMILES string of the molecule is CCCCC(CC)COc1c2cc(C(=O)O)sc2cc2c(OCC(CC)CCCC)c3cc(C(=O)O)sc3cc12.CCCCC(CC)COc1c2ccsc2cc2c(OCC(CC)CCCC)c3ccsc3cc12. The first-order valence-electron chi connectivity index (χ1n) is 27.8. The number of ether oxygens (including phenoxy) is 4. The molecule has 12 heteroatoms. The molecule has 0 saturated carbocycles. The summed E-state index contributed by atoms with van der Waals surface area (Å²) in [5.74, 6) is 3.47. The van der Waals surface area contributed by atoms with Crippen molar-refractivity contribution in [3.63, 3.8) is 0 Å². The lowest BCUT2D eigenvalue weighted by Gasteiger charge is -2.20. The Labute approximate surface area is 455 Å². The van der Waals surface area contributed by atoms with Crippen molar-refractivity contribution in [1.82, 2.24) is 0 Å². The summed E-state index contributed by atoms with van der Waals surface area (Å²) in [6.45, 7) is 20.5. The Morgan fingerprint density at radius 1 is 0.405 bits per heavy atom. The van der Waals surface area contributed by atoms with Crippen molar-refractivity contribution in [2.75, 3.05) is 26.4 Å². The van der Waals surface area contributed by atoms with Gasteiger partial charge in [-0.15, -0.1) is 45.3 Å². The molecule has 8 nitrogen and oxygen atoms in total. The Balaban J connectivity index is 0.000000219. The van der Waals surface area contributed by atoms with Crippen molar-refractivity contribution in [3.8, 4) is 23.0 Å². The second-order valence-electron chi connectivity index (χ2n) is 20.2. The summed E-state index contributed by atoms with van der Waals surface area (Å²) >= 11 is 6.04. The Morgan fingerprint density at radius 3 is 0.959 bits per heavy atom. The molecule has 4 aromatic carbocycles. The Morgan fingerprint density at radius 2 is 0.689 bits per heavy atom. The van der Waals surface area contributed by atoms with E-state index in [2.05, 4.69) is 90.4 Å². The lowest BCUT2D eigenvalue weighted by Crippen LogP contribution is -2.12. The fourth-order valence-electron chi connectivity index (χ4n) is 10.0. The molecular formula is C62H80O8S4. The predicted molar refractivity (Wildman–Crippen MR) is 319 cm³/mol. The maximum absolute atomic E-state index is 11.9. The van der Waals surface area contributed by atoms with Crippen LogP contribution in [0.1, 0.15) is 177 Å². The third-order valence-corrected chi connectivity index (χ3v) is 18.9. The molecular weight excluding hydrogens is 1000 g/mol. The average molecular weight is 1080 g/mol. The van der Waals surface area contributed by atoms with Crippen molar-refractivity contribution in [2.24, 2.45) is 23.7 Å². The first-order valence-corrected chi connectivity index (χ1v) is 31.2. The van der Waals surface area contributed by atoms with Gasteiger partial charge in [0.25, 0.3) is 0 Å². The van der Waals surface area contributed by atoms with Crippen LogP contribution in [-0.4, -0.2) is 48.6 Å². The normalized spacial score (nSPS) is 13.4. The van der Waals surface area contributed by atoms with Crippen LogP contribution in [0.15, 0.2) is 59.3 Å². The van der Waals surface area contributed by atoms with E-state index in [-0.39, 0.29) is 9.75 Å². The number of thiophene rings is 4. The zero-order chi connectivity index (χ0) is 52.7. The van der Waals surface area contributed by atoms with E-state index in [0.29, 0.717) is 48.4 Å². The number of carbonyl (C=O) groups is 2. The minimum Gasteiger partial charge on any atom is -0.492 e. The molecule has 2 N–H and O–H groups in total. The molecule has 8 aromatic rings. The highest BCUT2D eigenvalue weighted by Crippen LogP contribution is 2.49. The fraction of sp³-hybridized carbons (Fsp3) is 0.516. The van der Waals surface area contributed by atoms with E-state index in [4.69, 9.17) is 18.9 Å². The Hall–Kier alpha value is -4.62. The van der Waals surface area contributed by atoms with E-state index in [1.165, 1.54) is 92.1 Å². The monoisotopic (exact) mass is 1080 g/mol. The summed E-state index contributed by atoms with van der Waals surface area (Å²) in [6, 6.07) is 16.5. The number of carboxylic acids is 2. The van der Waals surface area contributed by atoms with Gasteiger partial charge in [-0.3, -0.25) is 0 Å². The molecule has 0 radical (unpaired) electrons. The highest BCUT2D eigenvalue weighted by Gasteiger charge is 2.24. The lowest BCUT2D eigenvalue weighted by molar-refractivity contribution is 0.0691. The van der Waals surface area contributed by atoms with Gasteiger partial charge in [0.15, 0.2) is 0 Å². The zero-order valence-electron chi connectivity index (χ0n) is 45.2. The predicted octanol–water partition coefficient (Wildman–Crippen LogP) is 20.3. The van der Waals surface area contributed by atoms with Crippen LogP contribution in [0.2, 0.25) is 0 Å². The van der Waals surface area contributed by atoms with Gasteiger partial charge in [-0.1, -0.05) is 132 Å². The molecule has 0 aliphatic carbocycles. The van der Waals surface area contributed by atoms with Gasteiger partial charge in [0.05, 0.1) is 26.4 Å². The van der Waals surface area contributed by atoms with Crippen LogP contribution < -0.4 is 18.9 Å². The maximum Gasteiger partial charge on any atom is 0.345 e. The molecule has 74 heavy (non-hydrogen) atoms. The molecule has 4 atom stereocenters. The summed E-state index contributed by atoms with van der Waals surface area (Å²) in [5, 5.41) is 32.0. The topological polar surface area (TPSA) is 112 Å². The molecule has 4 unspecified atom stereocenters. The van der Waals surface area contributed by atoms with Crippen molar-refractivity contribution in [1.29, 1.82) is 0 Å². The smallest absolute Gasteiger partial charge is 0.345 e. The van der Waals surface area contributed by atoms with Crippen molar-refractivity contribution in [3.05, 3.63) is 69.0 Å². The van der Waals surface area contributed by atoms with Crippen LogP contribution in [0, 0.1) is 23.7 Å². The Bertz CT molecular complexity index is 2880. The Kier molecular flexibility index (Phi) is 21.6. The number of hydrogen-bond acceptors (Lipinski definition) is 10. The molecule has 400 valence electrons. The number of rotatable bonds is 30. The van der Waals surface area contributed by atoms with Crippen LogP contribution in [0.5, 0.6) is 23.0 Å². The number of benzene rings is 4. The van der Waals surface area contributed by atoms with Gasteiger partial charge in [0, 0.05) is 61.9 Å². The molecule has 0 fully saturated rings. The minimum absolute atomic E-state index is 0.260. The van der Waals surface area contributed by atoms with Crippen LogP contribution in [0.4, 0.5) is 0 Å². The van der Waals surface area contributed by atoms with E-state index in [1.807, 2.05) is 12.1 Å². The highest BCUT2D eigenvalue weighted by molar-refractivity contribution is 7.21. The first-order chi connectivity index (χ1) is 36.0. The summed E-state index contributed by atoms with van der Waals surface area (Å²) in [5.41, 5.74) is 0. The van der Waals surface area contributed by atoms with E-state index in [9.17, 15) is 19.8 Å². The van der Waals surface area contributed by atoms with Crippen LogP contribution in [0.25, 0.3) is 61.9 Å². The highest BCUT2D eigenvalue weighted by atomic mass is 32.1. The van der Waals surface area contributed by atoms with Gasteiger partial charge in [-0.25, -0.2) is 9.59 Å². The zero-order valence-corrected chi connectivity index (χ0v) is 48.5. The molecule has 0 spiro atoms. The van der Waals surface area contributed by atoms with Crippen LogP contribution >= 0.6 is 45.3 Å². The van der Waals surface area contributed by atoms with Crippen LogP contribution in [-0.2, 0) is 0 Å². The van der Waals surface area contributed by atoms with Gasteiger partial charge in [-0.2, -0.15) is 0 Å².